The predicted molar refractivity (Wildman–Crippen MR) is 91.2 cm³/mol. The van der Waals surface area contributed by atoms with Crippen molar-refractivity contribution in [3.8, 4) is 0 Å². The normalized spacial score (nSPS) is 28.5. The Balaban J connectivity index is 2.20. The maximum absolute atomic E-state index is 10.3. The van der Waals surface area contributed by atoms with Crippen LogP contribution in [0.25, 0.3) is 0 Å². The van der Waals surface area contributed by atoms with Crippen molar-refractivity contribution in [2.24, 2.45) is 11.8 Å². The number of nitrogens with one attached hydrogen (secondary N) is 1. The highest BCUT2D eigenvalue weighted by Crippen LogP contribution is 2.35. The standard InChI is InChI=1S/C18H31N3O2/c1-11(2)20-15-9-16(23)14(10-22)13(15)8-12-6-7-19-17(21-12)18(3,4)5/h6-7,11,13-16,20,22-23H,8-10H2,1-5H3/t13-,14-,15-,16-/m1/s1. The molecule has 1 saturated carbocycles. The smallest absolute Gasteiger partial charge is 0.133 e. The van der Waals surface area contributed by atoms with Crippen LogP contribution in [0.5, 0.6) is 0 Å². The fourth-order valence-electron chi connectivity index (χ4n) is 3.48. The van der Waals surface area contributed by atoms with Gasteiger partial charge in [0.15, 0.2) is 0 Å². The van der Waals surface area contributed by atoms with Gasteiger partial charge in [0.25, 0.3) is 0 Å². The molecule has 0 radical (unpaired) electrons. The van der Waals surface area contributed by atoms with Crippen LogP contribution in [0, 0.1) is 11.8 Å². The summed E-state index contributed by atoms with van der Waals surface area (Å²) in [6, 6.07) is 2.50. The van der Waals surface area contributed by atoms with Gasteiger partial charge in [0.2, 0.25) is 0 Å². The molecule has 0 amide bonds. The lowest BCUT2D eigenvalue weighted by atomic mass is 9.88. The second kappa shape index (κ2) is 7.24. The average Bonchev–Trinajstić information content (AvgIpc) is 2.72. The molecular formula is C18H31N3O2. The number of aliphatic hydroxyl groups is 2. The van der Waals surface area contributed by atoms with Gasteiger partial charge in [0.05, 0.1) is 6.10 Å². The second-order valence-corrected chi connectivity index (χ2v) is 8.07. The Kier molecular flexibility index (Phi) is 5.76. The fraction of sp³-hybridized carbons (Fsp3) is 0.778. The largest absolute Gasteiger partial charge is 0.396 e. The minimum Gasteiger partial charge on any atom is -0.396 e. The summed E-state index contributed by atoms with van der Waals surface area (Å²) >= 11 is 0. The van der Waals surface area contributed by atoms with Crippen molar-refractivity contribution in [3.05, 3.63) is 23.8 Å². The number of aromatic nitrogens is 2. The molecule has 5 heteroatoms. The lowest BCUT2D eigenvalue weighted by molar-refractivity contribution is 0.0715. The quantitative estimate of drug-likeness (QED) is 0.769. The summed E-state index contributed by atoms with van der Waals surface area (Å²) in [5, 5.41) is 23.5. The zero-order valence-corrected chi connectivity index (χ0v) is 15.0. The van der Waals surface area contributed by atoms with Gasteiger partial charge in [-0.3, -0.25) is 0 Å². The Morgan fingerprint density at radius 3 is 2.57 bits per heavy atom. The van der Waals surface area contributed by atoms with E-state index in [1.165, 1.54) is 0 Å². The number of rotatable bonds is 5. The molecule has 1 heterocycles. The molecule has 4 atom stereocenters. The van der Waals surface area contributed by atoms with E-state index in [0.717, 1.165) is 17.9 Å². The number of hydrogen-bond donors (Lipinski definition) is 3. The Labute approximate surface area is 139 Å². The summed E-state index contributed by atoms with van der Waals surface area (Å²) in [4.78, 5) is 9.09. The molecule has 0 bridgehead atoms. The van der Waals surface area contributed by atoms with Crippen LogP contribution in [-0.4, -0.2) is 45.0 Å². The van der Waals surface area contributed by atoms with Gasteiger partial charge in [-0.15, -0.1) is 0 Å². The van der Waals surface area contributed by atoms with E-state index in [9.17, 15) is 10.2 Å². The summed E-state index contributed by atoms with van der Waals surface area (Å²) in [7, 11) is 0. The maximum atomic E-state index is 10.3. The van der Waals surface area contributed by atoms with Gasteiger partial charge in [-0.2, -0.15) is 0 Å². The van der Waals surface area contributed by atoms with Crippen molar-refractivity contribution in [2.75, 3.05) is 6.61 Å². The average molecular weight is 321 g/mol. The Bertz CT molecular complexity index is 513. The van der Waals surface area contributed by atoms with Gasteiger partial charge in [0, 0.05) is 41.9 Å². The van der Waals surface area contributed by atoms with Crippen LogP contribution < -0.4 is 5.32 Å². The third kappa shape index (κ3) is 4.49. The molecular weight excluding hydrogens is 290 g/mol. The molecule has 0 aliphatic heterocycles. The molecule has 0 unspecified atom stereocenters. The number of aliphatic hydroxyl groups excluding tert-OH is 2. The van der Waals surface area contributed by atoms with E-state index >= 15 is 0 Å². The van der Waals surface area contributed by atoms with E-state index in [4.69, 9.17) is 4.98 Å². The predicted octanol–water partition coefficient (Wildman–Crippen LogP) is 1.67. The maximum Gasteiger partial charge on any atom is 0.133 e. The molecule has 1 aliphatic rings. The van der Waals surface area contributed by atoms with Gasteiger partial charge >= 0.3 is 0 Å². The van der Waals surface area contributed by atoms with Crippen LogP contribution in [0.3, 0.4) is 0 Å². The van der Waals surface area contributed by atoms with Crippen molar-refractivity contribution >= 4 is 0 Å². The number of hydrogen-bond acceptors (Lipinski definition) is 5. The molecule has 1 fully saturated rings. The summed E-state index contributed by atoms with van der Waals surface area (Å²) in [6.07, 6.45) is 2.79. The molecule has 130 valence electrons. The lowest BCUT2D eigenvalue weighted by Gasteiger charge is -2.26. The SMILES string of the molecule is CC(C)N[C@@H]1C[C@@H](O)[C@H](CO)[C@H]1Cc1ccnc(C(C)(C)C)n1. The molecule has 2 rings (SSSR count). The van der Waals surface area contributed by atoms with Crippen molar-refractivity contribution in [1.29, 1.82) is 0 Å². The fourth-order valence-corrected chi connectivity index (χ4v) is 3.48. The Hall–Kier alpha value is -1.04. The molecule has 0 spiro atoms. The van der Waals surface area contributed by atoms with Crippen LogP contribution in [0.15, 0.2) is 12.3 Å². The molecule has 1 aliphatic carbocycles. The molecule has 0 saturated heterocycles. The van der Waals surface area contributed by atoms with Crippen LogP contribution in [0.4, 0.5) is 0 Å². The second-order valence-electron chi connectivity index (χ2n) is 8.07. The first kappa shape index (κ1) is 18.3. The first-order chi connectivity index (χ1) is 10.7. The third-order valence-corrected chi connectivity index (χ3v) is 4.64. The van der Waals surface area contributed by atoms with Crippen molar-refractivity contribution < 1.29 is 10.2 Å². The van der Waals surface area contributed by atoms with Crippen LogP contribution in [0.2, 0.25) is 0 Å². The van der Waals surface area contributed by atoms with E-state index in [-0.39, 0.29) is 29.9 Å². The summed E-state index contributed by atoms with van der Waals surface area (Å²) in [5.74, 6) is 0.918. The molecule has 23 heavy (non-hydrogen) atoms. The van der Waals surface area contributed by atoms with Crippen molar-refractivity contribution in [2.45, 2.75) is 71.1 Å². The molecule has 3 N–H and O–H groups in total. The molecule has 0 aromatic carbocycles. The molecule has 1 aromatic rings. The zero-order valence-electron chi connectivity index (χ0n) is 15.0. The Morgan fingerprint density at radius 2 is 2.00 bits per heavy atom. The monoisotopic (exact) mass is 321 g/mol. The summed E-state index contributed by atoms with van der Waals surface area (Å²) in [5.41, 5.74) is 0.898. The first-order valence-electron chi connectivity index (χ1n) is 8.59. The van der Waals surface area contributed by atoms with Crippen molar-refractivity contribution in [3.63, 3.8) is 0 Å². The minimum absolute atomic E-state index is 0.0132. The molecule has 5 nitrogen and oxygen atoms in total. The lowest BCUT2D eigenvalue weighted by Crippen LogP contribution is -2.40. The van der Waals surface area contributed by atoms with Crippen LogP contribution in [-0.2, 0) is 11.8 Å². The zero-order chi connectivity index (χ0) is 17.2. The highest BCUT2D eigenvalue weighted by atomic mass is 16.3. The van der Waals surface area contributed by atoms with E-state index < -0.39 is 6.10 Å². The van der Waals surface area contributed by atoms with E-state index in [2.05, 4.69) is 44.9 Å². The number of nitrogens with zero attached hydrogens (tertiary/aromatic N) is 2. The van der Waals surface area contributed by atoms with Gasteiger partial charge in [0.1, 0.15) is 5.82 Å². The van der Waals surface area contributed by atoms with Crippen molar-refractivity contribution in [1.82, 2.24) is 15.3 Å². The third-order valence-electron chi connectivity index (χ3n) is 4.64. The molecule has 1 aromatic heterocycles. The van der Waals surface area contributed by atoms with Crippen LogP contribution >= 0.6 is 0 Å². The summed E-state index contributed by atoms with van der Waals surface area (Å²) < 4.78 is 0. The van der Waals surface area contributed by atoms with E-state index in [1.807, 2.05) is 12.3 Å². The van der Waals surface area contributed by atoms with E-state index in [1.54, 1.807) is 0 Å². The first-order valence-corrected chi connectivity index (χ1v) is 8.59. The topological polar surface area (TPSA) is 78.3 Å². The van der Waals surface area contributed by atoms with Gasteiger partial charge in [-0.1, -0.05) is 34.6 Å². The van der Waals surface area contributed by atoms with Gasteiger partial charge in [-0.25, -0.2) is 9.97 Å². The van der Waals surface area contributed by atoms with E-state index in [0.29, 0.717) is 12.5 Å². The minimum atomic E-state index is -0.454. The van der Waals surface area contributed by atoms with Crippen LogP contribution in [0.1, 0.15) is 52.6 Å². The summed E-state index contributed by atoms with van der Waals surface area (Å²) in [6.45, 7) is 10.5. The van der Waals surface area contributed by atoms with Gasteiger partial charge < -0.3 is 15.5 Å². The highest BCUT2D eigenvalue weighted by Gasteiger charge is 2.42. The highest BCUT2D eigenvalue weighted by molar-refractivity contribution is 5.11. The van der Waals surface area contributed by atoms with Gasteiger partial charge in [-0.05, 0) is 24.8 Å². The Morgan fingerprint density at radius 1 is 1.30 bits per heavy atom.